The Morgan fingerprint density at radius 3 is 2.83 bits per heavy atom. The number of fused-ring (bicyclic) bond motifs is 1. The number of carbonyl (C=O) groups is 1. The molecule has 0 saturated heterocycles. The Kier molecular flexibility index (Phi) is 4.20. The zero-order valence-corrected chi connectivity index (χ0v) is 15.5. The molecule has 29 heavy (non-hydrogen) atoms. The summed E-state index contributed by atoms with van der Waals surface area (Å²) in [4.78, 5) is 12.5. The van der Waals surface area contributed by atoms with Crippen molar-refractivity contribution >= 4 is 5.91 Å². The van der Waals surface area contributed by atoms with E-state index in [0.29, 0.717) is 36.0 Å². The first-order chi connectivity index (χ1) is 14.1. The molecular weight excluding hydrogens is 380 g/mol. The van der Waals surface area contributed by atoms with Crippen LogP contribution in [0.4, 0.5) is 0 Å². The molecule has 1 saturated carbocycles. The molecule has 1 atom stereocenters. The maximum atomic E-state index is 12.5. The number of aromatic nitrogens is 3. The van der Waals surface area contributed by atoms with Crippen LogP contribution >= 0.6 is 0 Å². The SMILES string of the molecule is CC(O)c1nnc([C@H]2C[C@H](NC(=O)c3cc(-c4ccc5c(c4)OCO5)on3)C2)o1. The van der Waals surface area contributed by atoms with E-state index in [-0.39, 0.29) is 36.2 Å². The van der Waals surface area contributed by atoms with E-state index in [1.807, 2.05) is 6.07 Å². The molecule has 10 heteroatoms. The lowest BCUT2D eigenvalue weighted by atomic mass is 9.80. The van der Waals surface area contributed by atoms with Gasteiger partial charge in [0.25, 0.3) is 5.91 Å². The maximum Gasteiger partial charge on any atom is 0.273 e. The summed E-state index contributed by atoms with van der Waals surface area (Å²) in [7, 11) is 0. The van der Waals surface area contributed by atoms with Crippen molar-refractivity contribution in [1.29, 1.82) is 0 Å². The van der Waals surface area contributed by atoms with Crippen molar-refractivity contribution in [2.45, 2.75) is 37.8 Å². The third kappa shape index (κ3) is 3.31. The van der Waals surface area contributed by atoms with Crippen molar-refractivity contribution in [2.24, 2.45) is 0 Å². The van der Waals surface area contributed by atoms with Crippen LogP contribution in [-0.2, 0) is 0 Å². The van der Waals surface area contributed by atoms with E-state index >= 15 is 0 Å². The van der Waals surface area contributed by atoms with E-state index in [2.05, 4.69) is 20.7 Å². The quantitative estimate of drug-likeness (QED) is 0.663. The first-order valence-corrected chi connectivity index (χ1v) is 9.26. The van der Waals surface area contributed by atoms with Gasteiger partial charge in [0.15, 0.2) is 23.0 Å². The fraction of sp³-hybridized carbons (Fsp3) is 0.368. The van der Waals surface area contributed by atoms with Crippen LogP contribution in [0.1, 0.15) is 54.1 Å². The van der Waals surface area contributed by atoms with Crippen molar-refractivity contribution in [3.05, 3.63) is 41.7 Å². The molecule has 5 rings (SSSR count). The fourth-order valence-corrected chi connectivity index (χ4v) is 3.35. The molecule has 2 N–H and O–H groups in total. The van der Waals surface area contributed by atoms with Crippen molar-refractivity contribution in [3.8, 4) is 22.8 Å². The molecule has 1 aliphatic carbocycles. The molecule has 10 nitrogen and oxygen atoms in total. The number of amides is 1. The van der Waals surface area contributed by atoms with Crippen molar-refractivity contribution < 1.29 is 28.3 Å². The molecule has 1 aliphatic heterocycles. The lowest BCUT2D eigenvalue weighted by molar-refractivity contribution is 0.0892. The number of nitrogens with one attached hydrogen (secondary N) is 1. The summed E-state index contributed by atoms with van der Waals surface area (Å²) in [6.07, 6.45) is 0.568. The monoisotopic (exact) mass is 398 g/mol. The highest BCUT2D eigenvalue weighted by Crippen LogP contribution is 2.37. The highest BCUT2D eigenvalue weighted by Gasteiger charge is 2.36. The standard InChI is InChI=1S/C19H18N4O6/c1-9(24)18-21-22-19(28-18)11-4-12(5-11)20-17(25)13-7-15(29-23-13)10-2-3-14-16(6-10)27-8-26-14/h2-3,6-7,9,11-12,24H,4-5,8H2,1H3,(H,20,25)/t9?,11-,12-. The molecule has 1 aromatic carbocycles. The first kappa shape index (κ1) is 17.7. The summed E-state index contributed by atoms with van der Waals surface area (Å²) in [6.45, 7) is 1.76. The van der Waals surface area contributed by atoms with Gasteiger partial charge in [-0.3, -0.25) is 4.79 Å². The molecular formula is C19H18N4O6. The van der Waals surface area contributed by atoms with Gasteiger partial charge in [-0.05, 0) is 38.0 Å². The molecule has 3 aromatic rings. The molecule has 0 spiro atoms. The Bertz CT molecular complexity index is 1050. The number of rotatable bonds is 5. The minimum Gasteiger partial charge on any atom is -0.454 e. The van der Waals surface area contributed by atoms with Crippen LogP contribution in [0.3, 0.4) is 0 Å². The molecule has 1 amide bonds. The number of ether oxygens (including phenoxy) is 2. The number of carbonyl (C=O) groups excluding carboxylic acids is 1. The highest BCUT2D eigenvalue weighted by atomic mass is 16.7. The molecule has 3 heterocycles. The molecule has 0 bridgehead atoms. The van der Waals surface area contributed by atoms with Gasteiger partial charge in [-0.15, -0.1) is 10.2 Å². The average Bonchev–Trinajstić information content (AvgIpc) is 3.43. The predicted octanol–water partition coefficient (Wildman–Crippen LogP) is 2.18. The van der Waals surface area contributed by atoms with Crippen LogP contribution in [0, 0.1) is 0 Å². The van der Waals surface area contributed by atoms with Crippen LogP contribution in [0.25, 0.3) is 11.3 Å². The van der Waals surface area contributed by atoms with Gasteiger partial charge in [0.2, 0.25) is 18.6 Å². The lowest BCUT2D eigenvalue weighted by Crippen LogP contribution is -2.43. The van der Waals surface area contributed by atoms with Crippen LogP contribution in [-0.4, -0.2) is 39.2 Å². The van der Waals surface area contributed by atoms with Crippen LogP contribution < -0.4 is 14.8 Å². The topological polar surface area (TPSA) is 133 Å². The van der Waals surface area contributed by atoms with Gasteiger partial charge < -0.3 is 28.8 Å². The largest absolute Gasteiger partial charge is 0.454 e. The third-order valence-electron chi connectivity index (χ3n) is 5.04. The Balaban J connectivity index is 1.19. The molecule has 2 aromatic heterocycles. The Morgan fingerprint density at radius 2 is 2.03 bits per heavy atom. The highest BCUT2D eigenvalue weighted by molar-refractivity contribution is 5.93. The summed E-state index contributed by atoms with van der Waals surface area (Å²) in [6, 6.07) is 6.97. The lowest BCUT2D eigenvalue weighted by Gasteiger charge is -2.33. The number of aliphatic hydroxyl groups is 1. The normalized spacial score (nSPS) is 20.9. The van der Waals surface area contributed by atoms with E-state index in [1.54, 1.807) is 25.1 Å². The van der Waals surface area contributed by atoms with E-state index in [1.165, 1.54) is 0 Å². The number of aliphatic hydroxyl groups excluding tert-OH is 1. The van der Waals surface area contributed by atoms with Crippen molar-refractivity contribution in [1.82, 2.24) is 20.7 Å². The maximum absolute atomic E-state index is 12.5. The predicted molar refractivity (Wildman–Crippen MR) is 96.2 cm³/mol. The second-order valence-corrected chi connectivity index (χ2v) is 7.14. The Labute approximate surface area is 164 Å². The number of benzene rings is 1. The summed E-state index contributed by atoms with van der Waals surface area (Å²) in [5, 5.41) is 24.0. The summed E-state index contributed by atoms with van der Waals surface area (Å²) in [5.74, 6) is 2.22. The van der Waals surface area contributed by atoms with Gasteiger partial charge in [-0.1, -0.05) is 5.16 Å². The molecule has 2 aliphatic rings. The van der Waals surface area contributed by atoms with Crippen molar-refractivity contribution in [2.75, 3.05) is 6.79 Å². The first-order valence-electron chi connectivity index (χ1n) is 9.26. The Hall–Kier alpha value is -3.40. The number of hydrogen-bond donors (Lipinski definition) is 2. The second kappa shape index (κ2) is 6.89. The zero-order valence-electron chi connectivity index (χ0n) is 15.5. The van der Waals surface area contributed by atoms with Gasteiger partial charge in [-0.25, -0.2) is 0 Å². The second-order valence-electron chi connectivity index (χ2n) is 7.14. The molecule has 1 unspecified atom stereocenters. The van der Waals surface area contributed by atoms with Crippen LogP contribution in [0.15, 0.2) is 33.2 Å². The number of nitrogens with zero attached hydrogens (tertiary/aromatic N) is 3. The third-order valence-corrected chi connectivity index (χ3v) is 5.04. The smallest absolute Gasteiger partial charge is 0.273 e. The van der Waals surface area contributed by atoms with E-state index in [9.17, 15) is 9.90 Å². The van der Waals surface area contributed by atoms with E-state index in [4.69, 9.17) is 18.4 Å². The van der Waals surface area contributed by atoms with Crippen LogP contribution in [0.2, 0.25) is 0 Å². The van der Waals surface area contributed by atoms with Crippen molar-refractivity contribution in [3.63, 3.8) is 0 Å². The summed E-state index contributed by atoms with van der Waals surface area (Å²) >= 11 is 0. The average molecular weight is 398 g/mol. The fourth-order valence-electron chi connectivity index (χ4n) is 3.35. The summed E-state index contributed by atoms with van der Waals surface area (Å²) < 4.78 is 21.4. The molecule has 0 radical (unpaired) electrons. The van der Waals surface area contributed by atoms with Gasteiger partial charge in [-0.2, -0.15) is 0 Å². The minimum atomic E-state index is -0.794. The van der Waals surface area contributed by atoms with Gasteiger partial charge in [0.1, 0.15) is 6.10 Å². The van der Waals surface area contributed by atoms with Gasteiger partial charge in [0.05, 0.1) is 0 Å². The molecule has 150 valence electrons. The summed E-state index contributed by atoms with van der Waals surface area (Å²) in [5.41, 5.74) is 0.949. The Morgan fingerprint density at radius 1 is 1.21 bits per heavy atom. The molecule has 1 fully saturated rings. The minimum absolute atomic E-state index is 0.0138. The zero-order chi connectivity index (χ0) is 20.0. The van der Waals surface area contributed by atoms with E-state index < -0.39 is 6.10 Å². The van der Waals surface area contributed by atoms with Gasteiger partial charge in [0, 0.05) is 23.6 Å². The van der Waals surface area contributed by atoms with Gasteiger partial charge >= 0.3 is 0 Å². The van der Waals surface area contributed by atoms with E-state index in [0.717, 1.165) is 5.56 Å². The van der Waals surface area contributed by atoms with Crippen LogP contribution in [0.5, 0.6) is 11.5 Å². The number of hydrogen-bond acceptors (Lipinski definition) is 9.